The second-order valence-electron chi connectivity index (χ2n) is 6.68. The number of benzene rings is 3. The summed E-state index contributed by atoms with van der Waals surface area (Å²) in [6.07, 6.45) is 0. The van der Waals surface area contributed by atoms with Crippen LogP contribution in [0, 0.1) is 0 Å². The number of hydrogen-bond acceptors (Lipinski definition) is 3. The molecule has 30 heavy (non-hydrogen) atoms. The molecule has 0 saturated heterocycles. The van der Waals surface area contributed by atoms with Gasteiger partial charge in [0.05, 0.1) is 16.6 Å². The fourth-order valence-electron chi connectivity index (χ4n) is 3.48. The lowest BCUT2D eigenvalue weighted by atomic mass is 9.92. The van der Waals surface area contributed by atoms with Gasteiger partial charge in [0, 0.05) is 21.3 Å². The lowest BCUT2D eigenvalue weighted by molar-refractivity contribution is -0.117. The fraction of sp³-hybridized carbons (Fsp3) is 0.0435. The highest BCUT2D eigenvalue weighted by molar-refractivity contribution is 6.36. The molecule has 1 atom stereocenters. The Morgan fingerprint density at radius 2 is 1.57 bits per heavy atom. The van der Waals surface area contributed by atoms with Crippen LogP contribution in [0.4, 0.5) is 5.69 Å². The monoisotopic (exact) mass is 457 g/mol. The van der Waals surface area contributed by atoms with E-state index in [2.05, 4.69) is 0 Å². The zero-order valence-corrected chi connectivity index (χ0v) is 17.6. The van der Waals surface area contributed by atoms with E-state index >= 15 is 0 Å². The molecule has 1 heterocycles. The summed E-state index contributed by atoms with van der Waals surface area (Å²) < 4.78 is 0. The van der Waals surface area contributed by atoms with E-state index in [0.29, 0.717) is 21.3 Å². The average Bonchev–Trinajstić information content (AvgIpc) is 2.99. The largest absolute Gasteiger partial charge is 0.503 e. The van der Waals surface area contributed by atoms with E-state index in [1.165, 1.54) is 4.90 Å². The van der Waals surface area contributed by atoms with E-state index in [4.69, 9.17) is 34.8 Å². The van der Waals surface area contributed by atoms with Crippen LogP contribution in [0.3, 0.4) is 0 Å². The standard InChI is InChI=1S/C23H14Cl3NO3/c24-14-10-8-13(9-11-14)20-19(21(28)17-6-1-2-7-18(17)26)22(29)23(30)27(20)16-5-3-4-15(25)12-16/h1-12,20,29H. The number of hydrogen-bond donors (Lipinski definition) is 1. The van der Waals surface area contributed by atoms with Gasteiger partial charge in [0.2, 0.25) is 0 Å². The number of Topliss-reactive ketones (excluding diaryl/α,β-unsaturated/α-hetero) is 1. The summed E-state index contributed by atoms with van der Waals surface area (Å²) in [6.45, 7) is 0. The van der Waals surface area contributed by atoms with E-state index in [0.717, 1.165) is 0 Å². The first kappa shape index (κ1) is 20.5. The molecule has 3 aromatic rings. The van der Waals surface area contributed by atoms with Crippen molar-refractivity contribution in [2.24, 2.45) is 0 Å². The third kappa shape index (κ3) is 3.58. The molecule has 4 nitrogen and oxygen atoms in total. The van der Waals surface area contributed by atoms with Crippen molar-refractivity contribution in [3.05, 3.63) is 110 Å². The van der Waals surface area contributed by atoms with Gasteiger partial charge in [0.25, 0.3) is 5.91 Å². The van der Waals surface area contributed by atoms with Crippen LogP contribution in [-0.4, -0.2) is 16.8 Å². The topological polar surface area (TPSA) is 57.6 Å². The van der Waals surface area contributed by atoms with Gasteiger partial charge in [-0.05, 0) is 48.0 Å². The van der Waals surface area contributed by atoms with Gasteiger partial charge in [0.1, 0.15) is 0 Å². The lowest BCUT2D eigenvalue weighted by Gasteiger charge is -2.27. The molecule has 1 amide bonds. The molecule has 0 fully saturated rings. The zero-order chi connectivity index (χ0) is 21.4. The van der Waals surface area contributed by atoms with Gasteiger partial charge in [-0.1, -0.05) is 65.1 Å². The first-order valence-corrected chi connectivity index (χ1v) is 10.1. The number of anilines is 1. The van der Waals surface area contributed by atoms with Crippen molar-refractivity contribution in [1.29, 1.82) is 0 Å². The first-order chi connectivity index (χ1) is 14.4. The molecular formula is C23H14Cl3NO3. The van der Waals surface area contributed by atoms with Crippen molar-refractivity contribution in [2.45, 2.75) is 6.04 Å². The Kier molecular flexibility index (Phi) is 5.56. The highest BCUT2D eigenvalue weighted by Gasteiger charge is 2.44. The van der Waals surface area contributed by atoms with E-state index in [-0.39, 0.29) is 16.2 Å². The van der Waals surface area contributed by atoms with E-state index in [1.807, 2.05) is 0 Å². The smallest absolute Gasteiger partial charge is 0.294 e. The van der Waals surface area contributed by atoms with Crippen molar-refractivity contribution in [3.8, 4) is 0 Å². The highest BCUT2D eigenvalue weighted by Crippen LogP contribution is 2.43. The molecule has 0 radical (unpaired) electrons. The van der Waals surface area contributed by atoms with Crippen molar-refractivity contribution in [3.63, 3.8) is 0 Å². The van der Waals surface area contributed by atoms with Crippen LogP contribution in [0.5, 0.6) is 0 Å². The number of nitrogens with zero attached hydrogens (tertiary/aromatic N) is 1. The number of carbonyl (C=O) groups is 2. The minimum Gasteiger partial charge on any atom is -0.503 e. The average molecular weight is 459 g/mol. The molecule has 3 aromatic carbocycles. The van der Waals surface area contributed by atoms with Crippen molar-refractivity contribution in [2.75, 3.05) is 4.90 Å². The van der Waals surface area contributed by atoms with E-state index < -0.39 is 23.5 Å². The summed E-state index contributed by atoms with van der Waals surface area (Å²) >= 11 is 18.4. The van der Waals surface area contributed by atoms with Crippen LogP contribution in [0.15, 0.2) is 84.1 Å². The second-order valence-corrected chi connectivity index (χ2v) is 7.96. The van der Waals surface area contributed by atoms with Gasteiger partial charge in [-0.15, -0.1) is 0 Å². The SMILES string of the molecule is O=C(C1=C(O)C(=O)N(c2cccc(Cl)c2)C1c1ccc(Cl)cc1)c1ccccc1Cl. The number of rotatable bonds is 4. The summed E-state index contributed by atoms with van der Waals surface area (Å²) in [5, 5.41) is 11.9. The molecule has 150 valence electrons. The van der Waals surface area contributed by atoms with Gasteiger partial charge < -0.3 is 5.11 Å². The maximum Gasteiger partial charge on any atom is 0.294 e. The fourth-order valence-corrected chi connectivity index (χ4v) is 4.01. The van der Waals surface area contributed by atoms with Crippen LogP contribution >= 0.6 is 34.8 Å². The molecule has 0 spiro atoms. The van der Waals surface area contributed by atoms with Crippen molar-refractivity contribution >= 4 is 52.2 Å². The number of amides is 1. The molecule has 1 N–H and O–H groups in total. The van der Waals surface area contributed by atoms with Gasteiger partial charge >= 0.3 is 0 Å². The quantitative estimate of drug-likeness (QED) is 0.458. The maximum absolute atomic E-state index is 13.4. The van der Waals surface area contributed by atoms with Crippen LogP contribution in [0.2, 0.25) is 15.1 Å². The van der Waals surface area contributed by atoms with Crippen LogP contribution in [0.25, 0.3) is 0 Å². The first-order valence-electron chi connectivity index (χ1n) is 8.95. The third-order valence-electron chi connectivity index (χ3n) is 4.84. The highest BCUT2D eigenvalue weighted by atomic mass is 35.5. The third-order valence-corrected chi connectivity index (χ3v) is 5.66. The Balaban J connectivity index is 1.90. The van der Waals surface area contributed by atoms with Crippen LogP contribution < -0.4 is 4.90 Å². The van der Waals surface area contributed by atoms with Crippen LogP contribution in [-0.2, 0) is 4.79 Å². The lowest BCUT2D eigenvalue weighted by Crippen LogP contribution is -2.31. The minimum absolute atomic E-state index is 0.0598. The number of halogens is 3. The minimum atomic E-state index is -0.878. The molecule has 0 aliphatic carbocycles. The molecule has 1 aliphatic rings. The van der Waals surface area contributed by atoms with Gasteiger partial charge in [-0.25, -0.2) is 0 Å². The normalized spacial score (nSPS) is 16.3. The Morgan fingerprint density at radius 1 is 0.867 bits per heavy atom. The van der Waals surface area contributed by atoms with Gasteiger partial charge in [-0.2, -0.15) is 0 Å². The second kappa shape index (κ2) is 8.15. The molecule has 0 bridgehead atoms. The predicted octanol–water partition coefficient (Wildman–Crippen LogP) is 6.43. The number of aliphatic hydroxyl groups is 1. The van der Waals surface area contributed by atoms with E-state index in [9.17, 15) is 14.7 Å². The molecule has 1 aliphatic heterocycles. The summed E-state index contributed by atoms with van der Waals surface area (Å²) in [7, 11) is 0. The molecule has 1 unspecified atom stereocenters. The Labute approximate surface area is 187 Å². The van der Waals surface area contributed by atoms with Gasteiger partial charge in [0.15, 0.2) is 11.5 Å². The van der Waals surface area contributed by atoms with Crippen molar-refractivity contribution in [1.82, 2.24) is 0 Å². The Morgan fingerprint density at radius 3 is 2.23 bits per heavy atom. The number of aliphatic hydroxyl groups excluding tert-OH is 1. The molecule has 0 saturated carbocycles. The summed E-state index contributed by atoms with van der Waals surface area (Å²) in [6, 6.07) is 19.0. The summed E-state index contributed by atoms with van der Waals surface area (Å²) in [5.74, 6) is -1.86. The van der Waals surface area contributed by atoms with E-state index in [1.54, 1.807) is 72.8 Å². The predicted molar refractivity (Wildman–Crippen MR) is 119 cm³/mol. The zero-order valence-electron chi connectivity index (χ0n) is 15.4. The Bertz CT molecular complexity index is 1190. The number of ketones is 1. The van der Waals surface area contributed by atoms with Crippen molar-refractivity contribution < 1.29 is 14.7 Å². The van der Waals surface area contributed by atoms with Crippen LogP contribution in [0.1, 0.15) is 22.0 Å². The van der Waals surface area contributed by atoms with Gasteiger partial charge in [-0.3, -0.25) is 14.5 Å². The molecule has 4 rings (SSSR count). The summed E-state index contributed by atoms with van der Waals surface area (Å²) in [5.41, 5.74) is 1.18. The molecular weight excluding hydrogens is 445 g/mol. The Hall–Kier alpha value is -2.79. The maximum atomic E-state index is 13.4. The summed E-state index contributed by atoms with van der Waals surface area (Å²) in [4.78, 5) is 27.8. The molecule has 7 heteroatoms. The molecule has 0 aromatic heterocycles. The number of carbonyl (C=O) groups excluding carboxylic acids is 2.